The zero-order valence-electron chi connectivity index (χ0n) is 14.6. The van der Waals surface area contributed by atoms with Crippen LogP contribution in [0.3, 0.4) is 0 Å². The third-order valence-corrected chi connectivity index (χ3v) is 3.75. The van der Waals surface area contributed by atoms with Gasteiger partial charge in [-0.1, -0.05) is 5.16 Å². The van der Waals surface area contributed by atoms with Gasteiger partial charge in [-0.15, -0.1) is 0 Å². The van der Waals surface area contributed by atoms with Crippen LogP contribution in [0.2, 0.25) is 39.3 Å². The number of allylic oxidation sites excluding steroid dienone is 2. The second-order valence-electron chi connectivity index (χ2n) is 6.83. The second-order valence-corrected chi connectivity index (χ2v) is 15.7. The molecule has 0 saturated heterocycles. The summed E-state index contributed by atoms with van der Waals surface area (Å²) in [7, 11) is -2.06. The van der Waals surface area contributed by atoms with Crippen molar-refractivity contribution in [3.63, 3.8) is 0 Å². The van der Waals surface area contributed by atoms with Crippen LogP contribution < -0.4 is 0 Å². The van der Waals surface area contributed by atoms with Crippen LogP contribution in [-0.4, -0.2) is 35.4 Å². The molecule has 7 heteroatoms. The maximum absolute atomic E-state index is 11.8. The summed E-state index contributed by atoms with van der Waals surface area (Å²) in [6, 6.07) is 0. The highest BCUT2D eigenvalue weighted by Crippen LogP contribution is 2.17. The molecule has 0 unspecified atom stereocenters. The van der Waals surface area contributed by atoms with Crippen LogP contribution >= 0.6 is 0 Å². The molecule has 0 fully saturated rings. The average molecular weight is 332 g/mol. The van der Waals surface area contributed by atoms with E-state index in [-0.39, 0.29) is 5.97 Å². The molecule has 0 aromatic heterocycles. The normalized spacial score (nSPS) is 13.9. The number of rotatable bonds is 8. The molecule has 0 aromatic carbocycles. The van der Waals surface area contributed by atoms with E-state index in [1.54, 1.807) is 0 Å². The fourth-order valence-corrected chi connectivity index (χ4v) is 3.30. The van der Waals surface area contributed by atoms with Gasteiger partial charge >= 0.3 is 0 Å². The van der Waals surface area contributed by atoms with Crippen LogP contribution in [0.15, 0.2) is 17.0 Å². The van der Waals surface area contributed by atoms with Gasteiger partial charge in [0.05, 0.1) is 17.9 Å². The highest BCUT2D eigenvalue weighted by molar-refractivity contribution is 6.71. The van der Waals surface area contributed by atoms with Gasteiger partial charge in [0, 0.05) is 6.42 Å². The Morgan fingerprint density at radius 2 is 1.52 bits per heavy atom. The number of carbonyl (C=O) groups is 1. The van der Waals surface area contributed by atoms with E-state index >= 15 is 0 Å². The Labute approximate surface area is 130 Å². The molecular formula is C14H29NO4Si2. The summed E-state index contributed by atoms with van der Waals surface area (Å²) in [5.41, 5.74) is 0.712. The average Bonchev–Trinajstić information content (AvgIpc) is 2.21. The van der Waals surface area contributed by atoms with Crippen LogP contribution in [-0.2, 0) is 18.5 Å². The molecule has 0 heterocycles. The molecule has 0 saturated carbocycles. The van der Waals surface area contributed by atoms with Crippen molar-refractivity contribution in [3.8, 4) is 0 Å². The highest BCUT2D eigenvalue weighted by atomic mass is 28.4. The van der Waals surface area contributed by atoms with Crippen LogP contribution in [0.5, 0.6) is 0 Å². The summed E-state index contributed by atoms with van der Waals surface area (Å²) in [4.78, 5) is 16.6. The summed E-state index contributed by atoms with van der Waals surface area (Å²) in [5, 5.41) is 3.85. The van der Waals surface area contributed by atoms with Gasteiger partial charge in [0.2, 0.25) is 16.6 Å². The van der Waals surface area contributed by atoms with E-state index in [2.05, 4.69) is 24.8 Å². The second kappa shape index (κ2) is 8.38. The van der Waals surface area contributed by atoms with Crippen molar-refractivity contribution in [1.82, 2.24) is 0 Å². The minimum Gasteiger partial charge on any atom is -0.547 e. The monoisotopic (exact) mass is 331 g/mol. The van der Waals surface area contributed by atoms with E-state index < -0.39 is 16.6 Å². The molecular weight excluding hydrogens is 302 g/mol. The largest absolute Gasteiger partial charge is 0.547 e. The third kappa shape index (κ3) is 12.4. The molecule has 21 heavy (non-hydrogen) atoms. The molecule has 0 atom stereocenters. The predicted molar refractivity (Wildman–Crippen MR) is 91.3 cm³/mol. The molecule has 122 valence electrons. The number of nitrogens with zero attached hydrogens (tertiary/aromatic N) is 1. The summed E-state index contributed by atoms with van der Waals surface area (Å²) in [6.07, 6.45) is 2.66. The lowest BCUT2D eigenvalue weighted by molar-refractivity contribution is -0.135. The van der Waals surface area contributed by atoms with Gasteiger partial charge in [0.1, 0.15) is 7.11 Å². The molecule has 0 radical (unpaired) electrons. The van der Waals surface area contributed by atoms with Gasteiger partial charge in [0.15, 0.2) is 0 Å². The molecule has 0 rings (SSSR count). The van der Waals surface area contributed by atoms with Crippen molar-refractivity contribution in [2.24, 2.45) is 5.16 Å². The Morgan fingerprint density at radius 3 is 1.95 bits per heavy atom. The van der Waals surface area contributed by atoms with Crippen molar-refractivity contribution < 1.29 is 18.5 Å². The molecule has 0 N–H and O–H groups in total. The summed E-state index contributed by atoms with van der Waals surface area (Å²) < 4.78 is 11.4. The van der Waals surface area contributed by atoms with Gasteiger partial charge in [-0.05, 0) is 52.3 Å². The predicted octanol–water partition coefficient (Wildman–Crippen LogP) is 3.90. The summed E-state index contributed by atoms with van der Waals surface area (Å²) >= 11 is 0. The van der Waals surface area contributed by atoms with Gasteiger partial charge in [-0.2, -0.15) is 0 Å². The van der Waals surface area contributed by atoms with E-state index in [4.69, 9.17) is 13.7 Å². The van der Waals surface area contributed by atoms with Crippen LogP contribution in [0.25, 0.3) is 0 Å². The van der Waals surface area contributed by atoms with Crippen LogP contribution in [0.4, 0.5) is 0 Å². The zero-order chi connectivity index (χ0) is 16.7. The lowest BCUT2D eigenvalue weighted by Crippen LogP contribution is -2.29. The molecule has 0 bridgehead atoms. The SMILES string of the molecule is CON=C(C)/C=C(/CCC(=O)O[Si](C)(C)C)O[Si](C)(C)C. The minimum atomic E-state index is -1.83. The van der Waals surface area contributed by atoms with Crippen molar-refractivity contribution in [3.05, 3.63) is 11.8 Å². The molecule has 0 amide bonds. The zero-order valence-corrected chi connectivity index (χ0v) is 16.6. The van der Waals surface area contributed by atoms with E-state index in [1.165, 1.54) is 7.11 Å². The minimum absolute atomic E-state index is 0.166. The first-order valence-electron chi connectivity index (χ1n) is 7.12. The Hall–Kier alpha value is -1.09. The molecule has 0 aliphatic heterocycles. The van der Waals surface area contributed by atoms with Crippen molar-refractivity contribution in [2.75, 3.05) is 7.11 Å². The van der Waals surface area contributed by atoms with Crippen molar-refractivity contribution in [1.29, 1.82) is 0 Å². The fourth-order valence-electron chi connectivity index (χ4n) is 1.57. The molecule has 0 aromatic rings. The lowest BCUT2D eigenvalue weighted by atomic mass is 10.2. The van der Waals surface area contributed by atoms with Gasteiger partial charge < -0.3 is 13.7 Å². The smallest absolute Gasteiger partial charge is 0.292 e. The highest BCUT2D eigenvalue weighted by Gasteiger charge is 2.22. The maximum Gasteiger partial charge on any atom is 0.292 e. The third-order valence-electron chi connectivity index (χ3n) is 2.04. The maximum atomic E-state index is 11.8. The molecule has 0 aliphatic rings. The Kier molecular flexibility index (Phi) is 7.95. The van der Waals surface area contributed by atoms with Gasteiger partial charge in [0.25, 0.3) is 5.97 Å². The van der Waals surface area contributed by atoms with E-state index in [1.807, 2.05) is 32.6 Å². The van der Waals surface area contributed by atoms with Crippen LogP contribution in [0.1, 0.15) is 19.8 Å². The standard InChI is InChI=1S/C14H29NO4Si2/c1-12(15-17-2)11-13(18-20(3,4)5)9-10-14(16)19-21(6,7)8/h11H,9-10H2,1-8H3/b13-11-,15-12?. The van der Waals surface area contributed by atoms with Crippen LogP contribution in [0, 0.1) is 0 Å². The van der Waals surface area contributed by atoms with Gasteiger partial charge in [-0.25, -0.2) is 0 Å². The quantitative estimate of drug-likeness (QED) is 0.293. The van der Waals surface area contributed by atoms with Gasteiger partial charge in [-0.3, -0.25) is 4.79 Å². The first-order valence-corrected chi connectivity index (χ1v) is 13.9. The summed E-state index contributed by atoms with van der Waals surface area (Å²) in [5.74, 6) is 0.598. The Morgan fingerprint density at radius 1 is 1.00 bits per heavy atom. The lowest BCUT2D eigenvalue weighted by Gasteiger charge is -2.22. The van der Waals surface area contributed by atoms with Crippen molar-refractivity contribution in [2.45, 2.75) is 59.0 Å². The molecule has 5 nitrogen and oxygen atoms in total. The van der Waals surface area contributed by atoms with E-state index in [0.717, 1.165) is 5.76 Å². The van der Waals surface area contributed by atoms with E-state index in [0.29, 0.717) is 18.6 Å². The molecule has 0 spiro atoms. The van der Waals surface area contributed by atoms with Crippen molar-refractivity contribution >= 4 is 28.3 Å². The summed E-state index contributed by atoms with van der Waals surface area (Å²) in [6.45, 7) is 14.1. The molecule has 0 aliphatic carbocycles. The number of hydrogen-bond donors (Lipinski definition) is 0. The Balaban J connectivity index is 4.77. The Bertz CT molecular complexity index is 406. The fraction of sp³-hybridized carbons (Fsp3) is 0.714. The number of carbonyl (C=O) groups excluding carboxylic acids is 1. The first-order chi connectivity index (χ1) is 9.43. The first kappa shape index (κ1) is 19.9. The number of hydrogen-bond acceptors (Lipinski definition) is 5. The van der Waals surface area contributed by atoms with E-state index in [9.17, 15) is 4.79 Å². The number of oxime groups is 1. The topological polar surface area (TPSA) is 57.1 Å².